The lowest BCUT2D eigenvalue weighted by Gasteiger charge is -2.15. The van der Waals surface area contributed by atoms with Crippen molar-refractivity contribution >= 4 is 0 Å². The molecule has 0 saturated heterocycles. The van der Waals surface area contributed by atoms with Crippen LogP contribution in [-0.4, -0.2) is 17.5 Å². The molecule has 0 aliphatic heterocycles. The normalized spacial score (nSPS) is 25.1. The molecule has 0 aromatic carbocycles. The molecular weight excluding hydrogens is 226 g/mol. The van der Waals surface area contributed by atoms with Crippen LogP contribution < -0.4 is 5.32 Å². The number of hydrogen-bond acceptors (Lipinski definition) is 3. The highest BCUT2D eigenvalue weighted by Gasteiger charge is 2.39. The molecule has 1 aliphatic rings. The fourth-order valence-corrected chi connectivity index (χ4v) is 2.22. The number of aryl methyl sites for hydroxylation is 1. The van der Waals surface area contributed by atoms with Crippen LogP contribution in [0.3, 0.4) is 0 Å². The van der Waals surface area contributed by atoms with Crippen molar-refractivity contribution < 1.29 is 13.2 Å². The predicted octanol–water partition coefficient (Wildman–Crippen LogP) is 3.07. The molecule has 17 heavy (non-hydrogen) atoms. The van der Waals surface area contributed by atoms with Crippen molar-refractivity contribution in [2.24, 2.45) is 5.92 Å². The highest BCUT2D eigenvalue weighted by molar-refractivity contribution is 4.95. The highest BCUT2D eigenvalue weighted by atomic mass is 19.3. The van der Waals surface area contributed by atoms with Crippen LogP contribution in [0.2, 0.25) is 0 Å². The lowest BCUT2D eigenvalue weighted by molar-refractivity contribution is 0.00498. The van der Waals surface area contributed by atoms with Crippen LogP contribution in [0.25, 0.3) is 0 Å². The molecule has 2 unspecified atom stereocenters. The largest absolute Gasteiger partial charge is 0.444 e. The topological polar surface area (TPSA) is 38.1 Å². The summed E-state index contributed by atoms with van der Waals surface area (Å²) in [5.41, 5.74) is 0. The van der Waals surface area contributed by atoms with Crippen molar-refractivity contribution in [3.8, 4) is 0 Å². The van der Waals surface area contributed by atoms with E-state index in [9.17, 15) is 8.78 Å². The molecule has 1 aliphatic carbocycles. The standard InChI is InChI=1S/C12H18F2N2O/c1-8-6-16-11(17-8)9(2)15-7-10-3-4-12(13,14)5-10/h6,9-10,15H,3-5,7H2,1-2H3. The van der Waals surface area contributed by atoms with Crippen molar-refractivity contribution in [2.45, 2.75) is 45.1 Å². The van der Waals surface area contributed by atoms with E-state index in [-0.39, 0.29) is 24.8 Å². The Balaban J connectivity index is 1.79. The molecule has 5 heteroatoms. The first-order chi connectivity index (χ1) is 7.96. The zero-order chi connectivity index (χ0) is 12.5. The van der Waals surface area contributed by atoms with E-state index in [1.165, 1.54) is 0 Å². The summed E-state index contributed by atoms with van der Waals surface area (Å²) in [7, 11) is 0. The fraction of sp³-hybridized carbons (Fsp3) is 0.750. The number of nitrogens with one attached hydrogen (secondary N) is 1. The van der Waals surface area contributed by atoms with E-state index in [4.69, 9.17) is 4.42 Å². The smallest absolute Gasteiger partial charge is 0.248 e. The third-order valence-electron chi connectivity index (χ3n) is 3.23. The number of hydrogen-bond donors (Lipinski definition) is 1. The van der Waals surface area contributed by atoms with E-state index in [1.54, 1.807) is 6.20 Å². The molecule has 2 rings (SSSR count). The van der Waals surface area contributed by atoms with Crippen LogP contribution in [0.4, 0.5) is 8.78 Å². The molecule has 1 N–H and O–H groups in total. The van der Waals surface area contributed by atoms with E-state index >= 15 is 0 Å². The van der Waals surface area contributed by atoms with Gasteiger partial charge in [-0.1, -0.05) is 0 Å². The summed E-state index contributed by atoms with van der Waals surface area (Å²) < 4.78 is 31.4. The van der Waals surface area contributed by atoms with Gasteiger partial charge in [0.05, 0.1) is 12.2 Å². The van der Waals surface area contributed by atoms with Crippen molar-refractivity contribution in [1.82, 2.24) is 10.3 Å². The predicted molar refractivity (Wildman–Crippen MR) is 59.9 cm³/mol. The Hall–Kier alpha value is -0.970. The van der Waals surface area contributed by atoms with Crippen molar-refractivity contribution in [2.75, 3.05) is 6.54 Å². The van der Waals surface area contributed by atoms with Gasteiger partial charge in [-0.2, -0.15) is 0 Å². The summed E-state index contributed by atoms with van der Waals surface area (Å²) >= 11 is 0. The minimum absolute atomic E-state index is 0.00265. The number of nitrogens with zero attached hydrogens (tertiary/aromatic N) is 1. The molecule has 0 radical (unpaired) electrons. The minimum atomic E-state index is -2.46. The molecule has 3 nitrogen and oxygen atoms in total. The highest BCUT2D eigenvalue weighted by Crippen LogP contribution is 2.38. The van der Waals surface area contributed by atoms with Gasteiger partial charge in [0, 0.05) is 12.8 Å². The van der Waals surface area contributed by atoms with E-state index in [2.05, 4.69) is 10.3 Å². The summed E-state index contributed by atoms with van der Waals surface area (Å²) in [4.78, 5) is 4.11. The maximum absolute atomic E-state index is 13.0. The van der Waals surface area contributed by atoms with Gasteiger partial charge in [-0.05, 0) is 32.7 Å². The van der Waals surface area contributed by atoms with E-state index in [1.807, 2.05) is 13.8 Å². The first-order valence-electron chi connectivity index (χ1n) is 6.00. The summed E-state index contributed by atoms with van der Waals surface area (Å²) in [5, 5.41) is 3.20. The van der Waals surface area contributed by atoms with Crippen LogP contribution in [0, 0.1) is 12.8 Å². The Morgan fingerprint density at radius 1 is 1.65 bits per heavy atom. The molecule has 1 saturated carbocycles. The lowest BCUT2D eigenvalue weighted by atomic mass is 10.1. The van der Waals surface area contributed by atoms with Gasteiger partial charge in [0.25, 0.3) is 0 Å². The molecular formula is C12H18F2N2O. The average Bonchev–Trinajstić information content (AvgIpc) is 2.81. The van der Waals surface area contributed by atoms with Gasteiger partial charge < -0.3 is 9.73 Å². The van der Waals surface area contributed by atoms with Crippen LogP contribution >= 0.6 is 0 Å². The zero-order valence-electron chi connectivity index (χ0n) is 10.2. The van der Waals surface area contributed by atoms with Gasteiger partial charge in [0.15, 0.2) is 0 Å². The van der Waals surface area contributed by atoms with Crippen molar-refractivity contribution in [1.29, 1.82) is 0 Å². The summed E-state index contributed by atoms with van der Waals surface area (Å²) in [6.45, 7) is 4.36. The van der Waals surface area contributed by atoms with E-state index in [0.29, 0.717) is 18.9 Å². The van der Waals surface area contributed by atoms with Crippen LogP contribution in [0.5, 0.6) is 0 Å². The number of rotatable bonds is 4. The molecule has 1 heterocycles. The zero-order valence-corrected chi connectivity index (χ0v) is 10.2. The average molecular weight is 244 g/mol. The van der Waals surface area contributed by atoms with Crippen LogP contribution in [0.1, 0.15) is 43.9 Å². The molecule has 96 valence electrons. The molecule has 0 bridgehead atoms. The quantitative estimate of drug-likeness (QED) is 0.884. The Kier molecular flexibility index (Phi) is 3.47. The second kappa shape index (κ2) is 4.72. The molecule has 1 fully saturated rings. The van der Waals surface area contributed by atoms with E-state index < -0.39 is 5.92 Å². The van der Waals surface area contributed by atoms with Gasteiger partial charge in [-0.25, -0.2) is 13.8 Å². The molecule has 0 amide bonds. The molecule has 1 aromatic rings. The lowest BCUT2D eigenvalue weighted by Crippen LogP contribution is -2.25. The van der Waals surface area contributed by atoms with Crippen molar-refractivity contribution in [3.05, 3.63) is 17.8 Å². The van der Waals surface area contributed by atoms with Gasteiger partial charge >= 0.3 is 0 Å². The molecule has 0 spiro atoms. The molecule has 1 aromatic heterocycles. The Morgan fingerprint density at radius 2 is 2.41 bits per heavy atom. The summed E-state index contributed by atoms with van der Waals surface area (Å²) in [5.74, 6) is -1.02. The summed E-state index contributed by atoms with van der Waals surface area (Å²) in [6.07, 6.45) is 2.28. The third-order valence-corrected chi connectivity index (χ3v) is 3.23. The van der Waals surface area contributed by atoms with Crippen molar-refractivity contribution in [3.63, 3.8) is 0 Å². The number of halogens is 2. The summed E-state index contributed by atoms with van der Waals surface area (Å²) in [6, 6.07) is -0.0297. The second-order valence-corrected chi connectivity index (χ2v) is 4.90. The monoisotopic (exact) mass is 244 g/mol. The molecule has 2 atom stereocenters. The maximum Gasteiger partial charge on any atom is 0.248 e. The van der Waals surface area contributed by atoms with Gasteiger partial charge in [-0.15, -0.1) is 0 Å². The van der Waals surface area contributed by atoms with Crippen LogP contribution in [-0.2, 0) is 0 Å². The van der Waals surface area contributed by atoms with Gasteiger partial charge in [0.2, 0.25) is 11.8 Å². The SMILES string of the molecule is Cc1cnc(C(C)NCC2CCC(F)(F)C2)o1. The number of oxazole rings is 1. The number of aromatic nitrogens is 1. The second-order valence-electron chi connectivity index (χ2n) is 4.90. The Labute approximate surface area is 99.6 Å². The third kappa shape index (κ3) is 3.25. The fourth-order valence-electron chi connectivity index (χ4n) is 2.22. The minimum Gasteiger partial charge on any atom is -0.444 e. The van der Waals surface area contributed by atoms with E-state index in [0.717, 1.165) is 5.76 Å². The first-order valence-corrected chi connectivity index (χ1v) is 6.00. The maximum atomic E-state index is 13.0. The Bertz CT molecular complexity index is 378. The number of alkyl halides is 2. The van der Waals surface area contributed by atoms with Gasteiger partial charge in [0.1, 0.15) is 5.76 Å². The first kappa shape index (κ1) is 12.5. The van der Waals surface area contributed by atoms with Gasteiger partial charge in [-0.3, -0.25) is 0 Å². The van der Waals surface area contributed by atoms with Crippen LogP contribution in [0.15, 0.2) is 10.6 Å². The Morgan fingerprint density at radius 3 is 2.94 bits per heavy atom.